The molecule has 0 saturated heterocycles. The number of anilines is 1. The lowest BCUT2D eigenvalue weighted by Crippen LogP contribution is -2.06. The van der Waals surface area contributed by atoms with E-state index in [1.807, 2.05) is 38.1 Å². The fourth-order valence-electron chi connectivity index (χ4n) is 1.02. The van der Waals surface area contributed by atoms with Crippen molar-refractivity contribution in [3.05, 3.63) is 35.7 Å². The van der Waals surface area contributed by atoms with E-state index in [0.717, 1.165) is 10.6 Å². The number of hydrogen-bond acceptors (Lipinski definition) is 2. The Kier molecular flexibility index (Phi) is 4.26. The van der Waals surface area contributed by atoms with Crippen LogP contribution >= 0.6 is 11.8 Å². The molecule has 0 atom stereocenters. The van der Waals surface area contributed by atoms with E-state index in [4.69, 9.17) is 0 Å². The minimum Gasteiger partial charge on any atom is -0.321 e. The second-order valence-corrected chi connectivity index (χ2v) is 3.35. The first-order chi connectivity index (χ1) is 6.86. The largest absolute Gasteiger partial charge is 0.321 e. The summed E-state index contributed by atoms with van der Waals surface area (Å²) in [6, 6.07) is 7.74. The first-order valence-corrected chi connectivity index (χ1v) is 5.47. The highest BCUT2D eigenvalue weighted by Crippen LogP contribution is 2.29. The molecule has 3 heteroatoms. The van der Waals surface area contributed by atoms with E-state index in [1.54, 1.807) is 17.2 Å². The summed E-state index contributed by atoms with van der Waals surface area (Å²) in [6.07, 6.45) is 1.53. The average Bonchev–Trinajstić information content (AvgIpc) is 2.41. The van der Waals surface area contributed by atoms with Gasteiger partial charge >= 0.3 is 0 Å². The zero-order chi connectivity index (χ0) is 10.4. The minimum absolute atomic E-state index is 0. The number of amides is 1. The Morgan fingerprint density at radius 1 is 1.29 bits per heavy atom. The average molecular weight is 209 g/mol. The molecule has 14 heavy (non-hydrogen) atoms. The van der Waals surface area contributed by atoms with Crippen LogP contribution in [0.15, 0.2) is 40.6 Å². The molecule has 0 unspecified atom stereocenters. The van der Waals surface area contributed by atoms with Gasteiger partial charge in [0.25, 0.3) is 0 Å². The van der Waals surface area contributed by atoms with Crippen molar-refractivity contribution < 1.29 is 6.22 Å². The molecule has 1 N–H and O–H groups in total. The van der Waals surface area contributed by atoms with Crippen molar-refractivity contribution in [1.29, 1.82) is 0 Å². The van der Waals surface area contributed by atoms with Gasteiger partial charge in [-0.25, -0.2) is 0 Å². The van der Waals surface area contributed by atoms with Gasteiger partial charge in [-0.05, 0) is 17.5 Å². The van der Waals surface area contributed by atoms with Crippen LogP contribution in [0.5, 0.6) is 0 Å². The maximum atomic E-state index is 11.0. The second kappa shape index (κ2) is 5.50. The van der Waals surface area contributed by atoms with Crippen LogP contribution < -0.4 is 5.32 Å². The zero-order valence-electron chi connectivity index (χ0n) is 8.28. The van der Waals surface area contributed by atoms with Gasteiger partial charge in [-0.1, -0.05) is 37.7 Å². The highest BCUT2D eigenvalue weighted by Gasteiger charge is 2.06. The third-order valence-corrected chi connectivity index (χ3v) is 2.44. The van der Waals surface area contributed by atoms with E-state index in [0.29, 0.717) is 0 Å². The maximum absolute atomic E-state index is 11.0. The quantitative estimate of drug-likeness (QED) is 0.708. The van der Waals surface area contributed by atoms with E-state index < -0.39 is 0 Å². The van der Waals surface area contributed by atoms with Gasteiger partial charge in [0.2, 0.25) is 5.91 Å². The molecule has 1 aliphatic rings. The lowest BCUT2D eigenvalue weighted by atomic mass is 10.3. The lowest BCUT2D eigenvalue weighted by Gasteiger charge is -2.03. The molecule has 1 aromatic carbocycles. The summed E-state index contributed by atoms with van der Waals surface area (Å²) in [5.74, 6) is -0.0625. The summed E-state index contributed by atoms with van der Waals surface area (Å²) < 4.78 is 0. The highest BCUT2D eigenvalue weighted by atomic mass is 32.2. The number of fused-ring (bicyclic) bond motifs is 1. The molecule has 0 spiro atoms. The number of para-hydroxylation sites is 1. The number of thioether (sulfide) groups is 1. The van der Waals surface area contributed by atoms with Gasteiger partial charge in [-0.2, -0.15) is 0 Å². The SMILES string of the molecule is CC.O=C1C=CSc2ccccc2N1.[HH]. The zero-order valence-corrected chi connectivity index (χ0v) is 9.10. The summed E-state index contributed by atoms with van der Waals surface area (Å²) in [6.45, 7) is 4.00. The molecule has 0 radical (unpaired) electrons. The molecule has 76 valence electrons. The Morgan fingerprint density at radius 2 is 2.00 bits per heavy atom. The number of nitrogens with one attached hydrogen (secondary N) is 1. The van der Waals surface area contributed by atoms with E-state index in [-0.39, 0.29) is 7.33 Å². The summed E-state index contributed by atoms with van der Waals surface area (Å²) in [4.78, 5) is 12.1. The summed E-state index contributed by atoms with van der Waals surface area (Å²) in [5, 5.41) is 4.57. The van der Waals surface area contributed by atoms with Gasteiger partial charge in [-0.15, -0.1) is 0 Å². The molecule has 0 saturated carbocycles. The van der Waals surface area contributed by atoms with Gasteiger partial charge in [-0.3, -0.25) is 4.79 Å². The summed E-state index contributed by atoms with van der Waals surface area (Å²) in [5.41, 5.74) is 0.887. The molecule has 1 amide bonds. The Balaban J connectivity index is 0.000000617. The van der Waals surface area contributed by atoms with Crippen molar-refractivity contribution in [2.24, 2.45) is 0 Å². The third kappa shape index (κ3) is 2.64. The third-order valence-electron chi connectivity index (χ3n) is 1.56. The normalized spacial score (nSPS) is 13.1. The Labute approximate surface area is 89.9 Å². The van der Waals surface area contributed by atoms with Crippen LogP contribution in [0.1, 0.15) is 15.3 Å². The van der Waals surface area contributed by atoms with Crippen molar-refractivity contribution >= 4 is 23.4 Å². The van der Waals surface area contributed by atoms with Gasteiger partial charge in [0.05, 0.1) is 5.69 Å². The summed E-state index contributed by atoms with van der Waals surface area (Å²) >= 11 is 1.55. The number of benzene rings is 1. The first kappa shape index (κ1) is 10.9. The van der Waals surface area contributed by atoms with Crippen molar-refractivity contribution in [3.8, 4) is 0 Å². The Morgan fingerprint density at radius 3 is 2.79 bits per heavy atom. The smallest absolute Gasteiger partial charge is 0.248 e. The molecule has 1 aliphatic heterocycles. The van der Waals surface area contributed by atoms with E-state index in [1.165, 1.54) is 6.08 Å². The Bertz CT molecular complexity index is 352. The molecule has 1 heterocycles. The number of carbonyl (C=O) groups is 1. The van der Waals surface area contributed by atoms with Gasteiger partial charge in [0, 0.05) is 12.4 Å². The highest BCUT2D eigenvalue weighted by molar-refractivity contribution is 8.02. The van der Waals surface area contributed by atoms with Crippen molar-refractivity contribution in [3.63, 3.8) is 0 Å². The molecule has 0 bridgehead atoms. The van der Waals surface area contributed by atoms with Crippen LogP contribution in [-0.2, 0) is 4.79 Å². The van der Waals surface area contributed by atoms with Gasteiger partial charge < -0.3 is 5.32 Å². The van der Waals surface area contributed by atoms with Crippen LogP contribution in [-0.4, -0.2) is 5.91 Å². The number of carbonyl (C=O) groups excluding carboxylic acids is 1. The van der Waals surface area contributed by atoms with Gasteiger partial charge in [0.1, 0.15) is 0 Å². The fraction of sp³-hybridized carbons (Fsp3) is 0.182. The second-order valence-electron chi connectivity index (χ2n) is 2.41. The molecule has 0 aliphatic carbocycles. The van der Waals surface area contributed by atoms with E-state index >= 15 is 0 Å². The van der Waals surface area contributed by atoms with Crippen LogP contribution in [0.3, 0.4) is 0 Å². The molecule has 1 aromatic rings. The molecule has 0 aromatic heterocycles. The minimum atomic E-state index is -0.0625. The maximum Gasteiger partial charge on any atom is 0.248 e. The standard InChI is InChI=1S/C9H7NOS.C2H6.H2/c11-9-5-6-12-8-4-2-1-3-7(8)10-9;1-2;/h1-6H,(H,10,11);1-2H3;1H. The molecule has 2 rings (SSSR count). The fourth-order valence-corrected chi connectivity index (χ4v) is 1.76. The lowest BCUT2D eigenvalue weighted by molar-refractivity contribution is -0.111. The number of hydrogen-bond donors (Lipinski definition) is 1. The van der Waals surface area contributed by atoms with Crippen molar-refractivity contribution in [2.75, 3.05) is 5.32 Å². The number of rotatable bonds is 0. The monoisotopic (exact) mass is 209 g/mol. The molecule has 2 nitrogen and oxygen atoms in total. The van der Waals surface area contributed by atoms with Crippen LogP contribution in [0, 0.1) is 0 Å². The topological polar surface area (TPSA) is 29.1 Å². The van der Waals surface area contributed by atoms with Crippen LogP contribution in [0.25, 0.3) is 0 Å². The van der Waals surface area contributed by atoms with E-state index in [9.17, 15) is 4.79 Å². The van der Waals surface area contributed by atoms with Crippen LogP contribution in [0.2, 0.25) is 0 Å². The first-order valence-electron chi connectivity index (χ1n) is 4.59. The molecule has 0 fully saturated rings. The van der Waals surface area contributed by atoms with Crippen LogP contribution in [0.4, 0.5) is 5.69 Å². The predicted molar refractivity (Wildman–Crippen MR) is 63.5 cm³/mol. The van der Waals surface area contributed by atoms with E-state index in [2.05, 4.69) is 5.32 Å². The van der Waals surface area contributed by atoms with Gasteiger partial charge in [0.15, 0.2) is 0 Å². The van der Waals surface area contributed by atoms with Crippen molar-refractivity contribution in [1.82, 2.24) is 0 Å². The molecular weight excluding hydrogens is 194 g/mol. The summed E-state index contributed by atoms with van der Waals surface area (Å²) in [7, 11) is 0. The predicted octanol–water partition coefficient (Wildman–Crippen LogP) is 3.52. The van der Waals surface area contributed by atoms with Crippen molar-refractivity contribution in [2.45, 2.75) is 18.7 Å². The molecular formula is C11H15NOS. The Hall–Kier alpha value is -1.22.